The molecule has 2 heterocycles. The van der Waals surface area contributed by atoms with Gasteiger partial charge in [-0.05, 0) is 25.1 Å². The number of likely N-dealkylation sites (N-methyl/N-ethyl adjacent to an activating group) is 1. The zero-order valence-corrected chi connectivity index (χ0v) is 15.4. The van der Waals surface area contributed by atoms with Gasteiger partial charge < -0.3 is 9.73 Å². The van der Waals surface area contributed by atoms with Crippen LogP contribution in [0.25, 0.3) is 11.5 Å². The molecule has 1 fully saturated rings. The first-order valence-electron chi connectivity index (χ1n) is 8.55. The molecule has 1 saturated heterocycles. The van der Waals surface area contributed by atoms with Crippen LogP contribution in [-0.2, 0) is 21.2 Å². The van der Waals surface area contributed by atoms with Crippen LogP contribution in [0.2, 0.25) is 0 Å². The van der Waals surface area contributed by atoms with Gasteiger partial charge in [0.1, 0.15) is 0 Å². The van der Waals surface area contributed by atoms with Gasteiger partial charge in [0.2, 0.25) is 17.7 Å². The summed E-state index contributed by atoms with van der Waals surface area (Å²) in [5.74, 6) is 0.838. The molecule has 26 heavy (non-hydrogen) atoms. The molecular weight excluding hydrogens is 356 g/mol. The van der Waals surface area contributed by atoms with E-state index in [-0.39, 0.29) is 30.0 Å². The van der Waals surface area contributed by atoms with Gasteiger partial charge in [-0.2, -0.15) is 0 Å². The van der Waals surface area contributed by atoms with Gasteiger partial charge in [-0.25, -0.2) is 8.42 Å². The molecule has 0 spiro atoms. The summed E-state index contributed by atoms with van der Waals surface area (Å²) in [5.41, 5.74) is 0.842. The lowest BCUT2D eigenvalue weighted by atomic mass is 10.2. The summed E-state index contributed by atoms with van der Waals surface area (Å²) in [6, 6.07) is 9.18. The summed E-state index contributed by atoms with van der Waals surface area (Å²) < 4.78 is 28.6. The summed E-state index contributed by atoms with van der Waals surface area (Å²) in [6.45, 7) is 3.06. The van der Waals surface area contributed by atoms with Gasteiger partial charge >= 0.3 is 0 Å². The fraction of sp³-hybridized carbons (Fsp3) is 0.471. The van der Waals surface area contributed by atoms with Crippen molar-refractivity contribution in [2.75, 3.05) is 24.6 Å². The van der Waals surface area contributed by atoms with Gasteiger partial charge in [0, 0.05) is 11.6 Å². The van der Waals surface area contributed by atoms with Gasteiger partial charge in [0.15, 0.2) is 9.84 Å². The number of carbonyl (C=O) groups excluding carboxylic acids is 1. The number of hydrogen-bond donors (Lipinski definition) is 1. The second kappa shape index (κ2) is 7.96. The molecule has 8 nitrogen and oxygen atoms in total. The quantitative estimate of drug-likeness (QED) is 0.762. The standard InChI is InChI=1S/C17H22N4O4S/c1-2-21(10-15(22)18-14-8-9-26(23,24)12-14)11-16-19-20-17(25-16)13-6-4-3-5-7-13/h3-7,14H,2,8-12H2,1H3,(H,18,22)/t14-/m1/s1. The number of sulfone groups is 1. The van der Waals surface area contributed by atoms with Gasteiger partial charge in [0.25, 0.3) is 0 Å². The molecule has 1 amide bonds. The molecule has 2 aromatic rings. The van der Waals surface area contributed by atoms with Crippen LogP contribution in [0.3, 0.4) is 0 Å². The topological polar surface area (TPSA) is 105 Å². The van der Waals surface area contributed by atoms with Crippen LogP contribution in [-0.4, -0.2) is 60.1 Å². The molecule has 1 aromatic carbocycles. The molecular formula is C17H22N4O4S. The minimum absolute atomic E-state index is 0.0228. The maximum atomic E-state index is 12.2. The van der Waals surface area contributed by atoms with Crippen molar-refractivity contribution in [1.82, 2.24) is 20.4 Å². The van der Waals surface area contributed by atoms with Crippen molar-refractivity contribution in [3.8, 4) is 11.5 Å². The number of benzene rings is 1. The predicted molar refractivity (Wildman–Crippen MR) is 95.9 cm³/mol. The first-order valence-corrected chi connectivity index (χ1v) is 10.4. The average Bonchev–Trinajstić information content (AvgIpc) is 3.21. The smallest absolute Gasteiger partial charge is 0.247 e. The van der Waals surface area contributed by atoms with E-state index in [2.05, 4.69) is 15.5 Å². The molecule has 140 valence electrons. The van der Waals surface area contributed by atoms with E-state index in [1.165, 1.54) is 0 Å². The first-order chi connectivity index (χ1) is 12.4. The first kappa shape index (κ1) is 18.5. The highest BCUT2D eigenvalue weighted by Gasteiger charge is 2.29. The van der Waals surface area contributed by atoms with Crippen LogP contribution in [0.1, 0.15) is 19.2 Å². The Morgan fingerprint density at radius 2 is 2.08 bits per heavy atom. The van der Waals surface area contributed by atoms with E-state index in [0.717, 1.165) is 5.56 Å². The molecule has 1 aliphatic heterocycles. The summed E-state index contributed by atoms with van der Waals surface area (Å²) in [5, 5.41) is 10.9. The van der Waals surface area contributed by atoms with Crippen molar-refractivity contribution >= 4 is 15.7 Å². The second-order valence-corrected chi connectivity index (χ2v) is 8.57. The molecule has 1 aliphatic rings. The average molecular weight is 378 g/mol. The molecule has 0 aliphatic carbocycles. The van der Waals surface area contributed by atoms with Gasteiger partial charge in [-0.3, -0.25) is 9.69 Å². The Hall–Kier alpha value is -2.26. The van der Waals surface area contributed by atoms with Crippen LogP contribution >= 0.6 is 0 Å². The molecule has 9 heteroatoms. The highest BCUT2D eigenvalue weighted by atomic mass is 32.2. The summed E-state index contributed by atoms with van der Waals surface area (Å²) in [4.78, 5) is 14.0. The fourth-order valence-electron chi connectivity index (χ4n) is 2.87. The SMILES string of the molecule is CCN(CC(=O)N[C@@H]1CCS(=O)(=O)C1)Cc1nnc(-c2ccccc2)o1. The zero-order valence-electron chi connectivity index (χ0n) is 14.6. The van der Waals surface area contributed by atoms with Gasteiger partial charge in [-0.1, -0.05) is 25.1 Å². The summed E-state index contributed by atoms with van der Waals surface area (Å²) in [7, 11) is -3.01. The third-order valence-electron chi connectivity index (χ3n) is 4.26. The number of carbonyl (C=O) groups is 1. The van der Waals surface area contributed by atoms with Crippen molar-refractivity contribution in [1.29, 1.82) is 0 Å². The van der Waals surface area contributed by atoms with Crippen LogP contribution in [0.15, 0.2) is 34.7 Å². The third kappa shape index (κ3) is 4.89. The molecule has 1 atom stereocenters. The Balaban J connectivity index is 1.55. The molecule has 3 rings (SSSR count). The molecule has 0 radical (unpaired) electrons. The van der Waals surface area contributed by atoms with Crippen LogP contribution < -0.4 is 5.32 Å². The molecule has 1 N–H and O–H groups in total. The molecule has 1 aromatic heterocycles. The van der Waals surface area contributed by atoms with E-state index < -0.39 is 9.84 Å². The van der Waals surface area contributed by atoms with Crippen LogP contribution in [0.5, 0.6) is 0 Å². The summed E-state index contributed by atoms with van der Waals surface area (Å²) >= 11 is 0. The molecule has 0 unspecified atom stereocenters. The Kier molecular flexibility index (Phi) is 5.67. The molecule has 0 bridgehead atoms. The number of rotatable bonds is 7. The second-order valence-electron chi connectivity index (χ2n) is 6.34. The fourth-order valence-corrected chi connectivity index (χ4v) is 4.54. The number of amides is 1. The Labute approximate surface area is 152 Å². The lowest BCUT2D eigenvalue weighted by molar-refractivity contribution is -0.122. The predicted octanol–water partition coefficient (Wildman–Crippen LogP) is 0.862. The van der Waals surface area contributed by atoms with E-state index >= 15 is 0 Å². The van der Waals surface area contributed by atoms with Gasteiger partial charge in [0.05, 0.1) is 24.6 Å². The van der Waals surface area contributed by atoms with Crippen molar-refractivity contribution in [2.45, 2.75) is 25.9 Å². The van der Waals surface area contributed by atoms with E-state index in [0.29, 0.717) is 31.3 Å². The molecule has 0 saturated carbocycles. The largest absolute Gasteiger partial charge is 0.419 e. The number of nitrogens with one attached hydrogen (secondary N) is 1. The Morgan fingerprint density at radius 3 is 2.73 bits per heavy atom. The van der Waals surface area contributed by atoms with E-state index in [1.807, 2.05) is 42.2 Å². The van der Waals surface area contributed by atoms with E-state index in [9.17, 15) is 13.2 Å². The Morgan fingerprint density at radius 1 is 1.31 bits per heavy atom. The van der Waals surface area contributed by atoms with Crippen LogP contribution in [0, 0.1) is 0 Å². The number of aromatic nitrogens is 2. The van der Waals surface area contributed by atoms with E-state index in [1.54, 1.807) is 0 Å². The lowest BCUT2D eigenvalue weighted by Gasteiger charge is -2.19. The highest BCUT2D eigenvalue weighted by molar-refractivity contribution is 7.91. The van der Waals surface area contributed by atoms with Gasteiger partial charge in [-0.15, -0.1) is 10.2 Å². The van der Waals surface area contributed by atoms with Crippen molar-refractivity contribution in [3.05, 3.63) is 36.2 Å². The van der Waals surface area contributed by atoms with Crippen LogP contribution in [0.4, 0.5) is 0 Å². The normalized spacial score (nSPS) is 18.9. The van der Waals surface area contributed by atoms with E-state index in [4.69, 9.17) is 4.42 Å². The maximum absolute atomic E-state index is 12.2. The van der Waals surface area contributed by atoms with Crippen molar-refractivity contribution in [3.63, 3.8) is 0 Å². The monoisotopic (exact) mass is 378 g/mol. The zero-order chi connectivity index (χ0) is 18.6. The maximum Gasteiger partial charge on any atom is 0.247 e. The highest BCUT2D eigenvalue weighted by Crippen LogP contribution is 2.17. The minimum Gasteiger partial charge on any atom is -0.419 e. The van der Waals surface area contributed by atoms with Crippen molar-refractivity contribution < 1.29 is 17.6 Å². The Bertz CT molecular complexity index is 851. The lowest BCUT2D eigenvalue weighted by Crippen LogP contribution is -2.42. The number of nitrogens with zero attached hydrogens (tertiary/aromatic N) is 3. The minimum atomic E-state index is -3.01. The number of hydrogen-bond acceptors (Lipinski definition) is 7. The summed E-state index contributed by atoms with van der Waals surface area (Å²) in [6.07, 6.45) is 0.476. The van der Waals surface area contributed by atoms with Crippen molar-refractivity contribution in [2.24, 2.45) is 0 Å². The third-order valence-corrected chi connectivity index (χ3v) is 6.03.